The average molecular weight is 372 g/mol. The zero-order chi connectivity index (χ0) is 18.9. The molecular weight excluding hydrogens is 348 g/mol. The molecule has 0 aromatic heterocycles. The lowest BCUT2D eigenvalue weighted by atomic mass is 9.79. The molecule has 6 heteroatoms. The lowest BCUT2D eigenvalue weighted by Crippen LogP contribution is -2.41. The average Bonchev–Trinajstić information content (AvgIpc) is 2.81. The van der Waals surface area contributed by atoms with E-state index in [0.717, 1.165) is 11.0 Å². The van der Waals surface area contributed by atoms with Crippen LogP contribution in [0.4, 0.5) is 0 Å². The minimum atomic E-state index is -0.383. The van der Waals surface area contributed by atoms with Crippen LogP contribution in [-0.2, 0) is 15.9 Å². The Kier molecular flexibility index (Phi) is 5.15. The summed E-state index contributed by atoms with van der Waals surface area (Å²) in [7, 11) is -0.383. The van der Waals surface area contributed by atoms with Crippen LogP contribution in [-0.4, -0.2) is 24.2 Å². The molecule has 1 N–H and O–H groups in total. The standard InChI is InChI=1S/C20H23BClNO3/c1-19(2)20(3,4)26-21(25-19)15-11-9-14(10-12-15)13-23-18(24)16-7-5-6-8-17(16)22/h5-12H,13H2,1-4H3,(H,23,24). The summed E-state index contributed by atoms with van der Waals surface area (Å²) in [5, 5.41) is 3.33. The molecule has 1 fully saturated rings. The number of rotatable bonds is 4. The monoisotopic (exact) mass is 371 g/mol. The Morgan fingerprint density at radius 3 is 2.15 bits per heavy atom. The number of benzene rings is 2. The van der Waals surface area contributed by atoms with Crippen molar-refractivity contribution in [1.29, 1.82) is 0 Å². The van der Waals surface area contributed by atoms with E-state index in [0.29, 0.717) is 17.1 Å². The highest BCUT2D eigenvalue weighted by Gasteiger charge is 2.51. The molecule has 1 amide bonds. The Balaban J connectivity index is 1.62. The second kappa shape index (κ2) is 7.07. The van der Waals surface area contributed by atoms with E-state index < -0.39 is 0 Å². The number of halogens is 1. The van der Waals surface area contributed by atoms with Crippen LogP contribution in [0.5, 0.6) is 0 Å². The zero-order valence-electron chi connectivity index (χ0n) is 15.5. The van der Waals surface area contributed by atoms with Crippen LogP contribution < -0.4 is 10.8 Å². The van der Waals surface area contributed by atoms with E-state index >= 15 is 0 Å². The third-order valence-corrected chi connectivity index (χ3v) is 5.41. The minimum absolute atomic E-state index is 0.189. The van der Waals surface area contributed by atoms with Gasteiger partial charge in [-0.2, -0.15) is 0 Å². The van der Waals surface area contributed by atoms with Crippen molar-refractivity contribution in [1.82, 2.24) is 5.32 Å². The molecule has 4 nitrogen and oxygen atoms in total. The maximum atomic E-state index is 12.2. The number of carbonyl (C=O) groups excluding carboxylic acids is 1. The number of carbonyl (C=O) groups is 1. The van der Waals surface area contributed by atoms with Gasteiger partial charge in [-0.25, -0.2) is 0 Å². The van der Waals surface area contributed by atoms with Gasteiger partial charge in [0.2, 0.25) is 0 Å². The number of amides is 1. The number of hydrogen-bond acceptors (Lipinski definition) is 3. The van der Waals surface area contributed by atoms with E-state index in [-0.39, 0.29) is 24.2 Å². The fourth-order valence-electron chi connectivity index (χ4n) is 2.69. The highest BCUT2D eigenvalue weighted by Crippen LogP contribution is 2.36. The molecule has 0 atom stereocenters. The van der Waals surface area contributed by atoms with Crippen LogP contribution in [0.2, 0.25) is 5.02 Å². The van der Waals surface area contributed by atoms with Crippen LogP contribution in [0.3, 0.4) is 0 Å². The number of hydrogen-bond donors (Lipinski definition) is 1. The first-order chi connectivity index (χ1) is 12.2. The van der Waals surface area contributed by atoms with Gasteiger partial charge in [-0.15, -0.1) is 0 Å². The smallest absolute Gasteiger partial charge is 0.399 e. The van der Waals surface area contributed by atoms with E-state index in [1.165, 1.54) is 0 Å². The van der Waals surface area contributed by atoms with E-state index in [1.54, 1.807) is 24.3 Å². The molecule has 0 bridgehead atoms. The molecule has 26 heavy (non-hydrogen) atoms. The summed E-state index contributed by atoms with van der Waals surface area (Å²) in [6, 6.07) is 14.9. The molecule has 1 heterocycles. The molecule has 136 valence electrons. The third-order valence-electron chi connectivity index (χ3n) is 5.08. The second-order valence-electron chi connectivity index (χ2n) is 7.49. The van der Waals surface area contributed by atoms with Crippen molar-refractivity contribution in [2.24, 2.45) is 0 Å². The largest absolute Gasteiger partial charge is 0.494 e. The van der Waals surface area contributed by atoms with Crippen molar-refractivity contribution in [2.45, 2.75) is 45.4 Å². The lowest BCUT2D eigenvalue weighted by molar-refractivity contribution is 0.00578. The van der Waals surface area contributed by atoms with Crippen molar-refractivity contribution in [3.8, 4) is 0 Å². The molecule has 0 aliphatic carbocycles. The Morgan fingerprint density at radius 1 is 1.00 bits per heavy atom. The summed E-state index contributed by atoms with van der Waals surface area (Å²) in [5.74, 6) is -0.189. The molecule has 1 aliphatic rings. The van der Waals surface area contributed by atoms with Gasteiger partial charge >= 0.3 is 7.12 Å². The van der Waals surface area contributed by atoms with E-state index in [4.69, 9.17) is 20.9 Å². The van der Waals surface area contributed by atoms with Crippen LogP contribution in [0, 0.1) is 0 Å². The van der Waals surface area contributed by atoms with Crippen molar-refractivity contribution in [2.75, 3.05) is 0 Å². The molecule has 1 aliphatic heterocycles. The minimum Gasteiger partial charge on any atom is -0.399 e. The van der Waals surface area contributed by atoms with Crippen molar-refractivity contribution >= 4 is 30.1 Å². The van der Waals surface area contributed by atoms with Gasteiger partial charge in [0.1, 0.15) is 0 Å². The maximum Gasteiger partial charge on any atom is 0.494 e. The first kappa shape index (κ1) is 19.0. The van der Waals surface area contributed by atoms with Gasteiger partial charge in [0.05, 0.1) is 21.8 Å². The third kappa shape index (κ3) is 3.80. The van der Waals surface area contributed by atoms with Gasteiger partial charge in [-0.1, -0.05) is 48.0 Å². The predicted octanol–water partition coefficient (Wildman–Crippen LogP) is 3.57. The Hall–Kier alpha value is -1.82. The topological polar surface area (TPSA) is 47.6 Å². The van der Waals surface area contributed by atoms with E-state index in [9.17, 15) is 4.79 Å². The first-order valence-electron chi connectivity index (χ1n) is 8.67. The van der Waals surface area contributed by atoms with Crippen molar-refractivity contribution in [3.63, 3.8) is 0 Å². The highest BCUT2D eigenvalue weighted by molar-refractivity contribution is 6.62. The second-order valence-corrected chi connectivity index (χ2v) is 7.90. The molecule has 2 aromatic carbocycles. The van der Waals surface area contributed by atoms with Gasteiger partial charge in [0.15, 0.2) is 0 Å². The Labute approximate surface area is 160 Å². The molecule has 2 aromatic rings. The lowest BCUT2D eigenvalue weighted by Gasteiger charge is -2.32. The summed E-state index contributed by atoms with van der Waals surface area (Å²) in [4.78, 5) is 12.2. The summed E-state index contributed by atoms with van der Waals surface area (Å²) in [5.41, 5.74) is 1.71. The zero-order valence-corrected chi connectivity index (χ0v) is 16.3. The number of nitrogens with one attached hydrogen (secondary N) is 1. The van der Waals surface area contributed by atoms with Crippen LogP contribution in [0.15, 0.2) is 48.5 Å². The summed E-state index contributed by atoms with van der Waals surface area (Å²) in [6.45, 7) is 8.56. The maximum absolute atomic E-state index is 12.2. The van der Waals surface area contributed by atoms with Crippen LogP contribution in [0.25, 0.3) is 0 Å². The van der Waals surface area contributed by atoms with Gasteiger partial charge < -0.3 is 14.6 Å². The van der Waals surface area contributed by atoms with Crippen molar-refractivity contribution < 1.29 is 14.1 Å². The Morgan fingerprint density at radius 2 is 1.58 bits per heavy atom. The molecule has 0 radical (unpaired) electrons. The summed E-state index contributed by atoms with van der Waals surface area (Å²) in [6.07, 6.45) is 0. The van der Waals surface area contributed by atoms with Crippen LogP contribution in [0.1, 0.15) is 43.6 Å². The summed E-state index contributed by atoms with van der Waals surface area (Å²) >= 11 is 6.05. The predicted molar refractivity (Wildman–Crippen MR) is 105 cm³/mol. The van der Waals surface area contributed by atoms with Gasteiger partial charge in [0.25, 0.3) is 5.91 Å². The molecule has 3 rings (SSSR count). The van der Waals surface area contributed by atoms with Gasteiger partial charge in [-0.05, 0) is 50.9 Å². The van der Waals surface area contributed by atoms with E-state index in [2.05, 4.69) is 5.32 Å². The molecule has 1 saturated heterocycles. The molecule has 0 unspecified atom stereocenters. The van der Waals surface area contributed by atoms with E-state index in [1.807, 2.05) is 52.0 Å². The SMILES string of the molecule is CC1(C)OB(c2ccc(CNC(=O)c3ccccc3Cl)cc2)OC1(C)C. The fourth-order valence-corrected chi connectivity index (χ4v) is 2.92. The Bertz CT molecular complexity index is 789. The van der Waals surface area contributed by atoms with Gasteiger partial charge in [-0.3, -0.25) is 4.79 Å². The fraction of sp³-hybridized carbons (Fsp3) is 0.350. The summed E-state index contributed by atoms with van der Waals surface area (Å²) < 4.78 is 12.1. The molecule has 0 spiro atoms. The quantitative estimate of drug-likeness (QED) is 0.836. The molecular formula is C20H23BClNO3. The first-order valence-corrected chi connectivity index (χ1v) is 9.05. The normalized spacial score (nSPS) is 18.0. The van der Waals surface area contributed by atoms with Crippen LogP contribution >= 0.6 is 11.6 Å². The van der Waals surface area contributed by atoms with Gasteiger partial charge in [0, 0.05) is 6.54 Å². The van der Waals surface area contributed by atoms with Crippen molar-refractivity contribution in [3.05, 3.63) is 64.7 Å². The highest BCUT2D eigenvalue weighted by atomic mass is 35.5. The molecule has 0 saturated carbocycles.